The summed E-state index contributed by atoms with van der Waals surface area (Å²) in [7, 11) is 3.02. The van der Waals surface area contributed by atoms with Crippen LogP contribution in [0, 0.1) is 0 Å². The maximum absolute atomic E-state index is 13.2. The molecule has 1 aliphatic heterocycles. The van der Waals surface area contributed by atoms with Crippen LogP contribution in [0.25, 0.3) is 0 Å². The molecule has 9 nitrogen and oxygen atoms in total. The van der Waals surface area contributed by atoms with Gasteiger partial charge in [0.25, 0.3) is 0 Å². The molecule has 0 fully saturated rings. The number of ketones is 1. The van der Waals surface area contributed by atoms with Crippen molar-refractivity contribution in [3.05, 3.63) is 82.7 Å². The minimum atomic E-state index is -0.250. The number of hydrogen-bond acceptors (Lipinski definition) is 9. The number of ether oxygens (including phenoxy) is 2. The van der Waals surface area contributed by atoms with Crippen LogP contribution in [0.4, 0.5) is 11.8 Å². The zero-order chi connectivity index (χ0) is 24.2. The Balaban J connectivity index is 1.63. The van der Waals surface area contributed by atoms with Crippen LogP contribution in [-0.4, -0.2) is 41.2 Å². The van der Waals surface area contributed by atoms with E-state index in [2.05, 4.69) is 21.1 Å². The number of carbonyl (C=O) groups excluding carboxylic acids is 1. The first-order chi connectivity index (χ1) is 16.4. The second kappa shape index (κ2) is 9.62. The summed E-state index contributed by atoms with van der Waals surface area (Å²) in [4.78, 5) is 21.2. The third-order valence-corrected chi connectivity index (χ3v) is 5.67. The molecule has 1 unspecified atom stereocenters. The van der Waals surface area contributed by atoms with Gasteiger partial charge in [0.2, 0.25) is 5.95 Å². The Labute approximate surface area is 197 Å². The van der Waals surface area contributed by atoms with Crippen molar-refractivity contribution >= 4 is 23.8 Å². The maximum atomic E-state index is 13.2. The highest BCUT2D eigenvalue weighted by atomic mass is 16.5. The van der Waals surface area contributed by atoms with Crippen molar-refractivity contribution in [2.24, 2.45) is 5.10 Å². The summed E-state index contributed by atoms with van der Waals surface area (Å²) >= 11 is 0. The summed E-state index contributed by atoms with van der Waals surface area (Å²) in [6.45, 7) is 2.04. The van der Waals surface area contributed by atoms with Crippen LogP contribution in [0.3, 0.4) is 0 Å². The third kappa shape index (κ3) is 4.54. The Bertz CT molecular complexity index is 1290. The molecule has 1 atom stereocenters. The SMILES string of the molecule is COc1cc(Cc2cnc(N)nc2N)cc(C(=O)C=CN2N=Cc3ccccc3C2C)c1OC. The van der Waals surface area contributed by atoms with E-state index in [9.17, 15) is 4.79 Å². The fraction of sp³-hybridized carbons (Fsp3) is 0.200. The molecule has 4 rings (SSSR count). The van der Waals surface area contributed by atoms with Crippen LogP contribution in [0.15, 0.2) is 60.0 Å². The van der Waals surface area contributed by atoms with E-state index in [1.807, 2.05) is 25.1 Å². The fourth-order valence-electron chi connectivity index (χ4n) is 3.88. The molecule has 0 amide bonds. The minimum Gasteiger partial charge on any atom is -0.493 e. The number of rotatable bonds is 7. The van der Waals surface area contributed by atoms with Gasteiger partial charge in [0.1, 0.15) is 5.82 Å². The van der Waals surface area contributed by atoms with Crippen LogP contribution in [0.1, 0.15) is 45.6 Å². The lowest BCUT2D eigenvalue weighted by Crippen LogP contribution is -2.21. The summed E-state index contributed by atoms with van der Waals surface area (Å²) in [6.07, 6.45) is 6.89. The number of aromatic nitrogens is 2. The molecule has 0 bridgehead atoms. The molecule has 0 saturated heterocycles. The van der Waals surface area contributed by atoms with E-state index in [0.717, 1.165) is 16.7 Å². The number of benzene rings is 2. The number of carbonyl (C=O) groups is 1. The normalized spacial score (nSPS) is 14.8. The lowest BCUT2D eigenvalue weighted by atomic mass is 9.99. The number of nitrogens with zero attached hydrogens (tertiary/aromatic N) is 4. The summed E-state index contributed by atoms with van der Waals surface area (Å²) in [5.74, 6) is 0.923. The second-order valence-electron chi connectivity index (χ2n) is 7.80. The first-order valence-corrected chi connectivity index (χ1v) is 10.7. The monoisotopic (exact) mass is 458 g/mol. The van der Waals surface area contributed by atoms with Gasteiger partial charge in [-0.2, -0.15) is 10.1 Å². The van der Waals surface area contributed by atoms with Gasteiger partial charge in [-0.3, -0.25) is 9.80 Å². The largest absolute Gasteiger partial charge is 0.493 e. The number of anilines is 2. The van der Waals surface area contributed by atoms with Crippen LogP contribution in [-0.2, 0) is 6.42 Å². The smallest absolute Gasteiger partial charge is 0.221 e. The van der Waals surface area contributed by atoms with Crippen LogP contribution in [0.5, 0.6) is 11.5 Å². The van der Waals surface area contributed by atoms with Gasteiger partial charge in [0.05, 0.1) is 32.0 Å². The summed E-state index contributed by atoms with van der Waals surface area (Å²) < 4.78 is 11.0. The highest BCUT2D eigenvalue weighted by Crippen LogP contribution is 2.34. The topological polar surface area (TPSA) is 129 Å². The van der Waals surface area contributed by atoms with Gasteiger partial charge in [-0.1, -0.05) is 24.3 Å². The number of fused-ring (bicyclic) bond motifs is 1. The van der Waals surface area contributed by atoms with Gasteiger partial charge in [-0.25, -0.2) is 4.98 Å². The molecule has 0 saturated carbocycles. The molecule has 9 heteroatoms. The molecular weight excluding hydrogens is 432 g/mol. The van der Waals surface area contributed by atoms with E-state index in [1.165, 1.54) is 20.3 Å². The first kappa shape index (κ1) is 22.8. The molecule has 1 aliphatic rings. The summed E-state index contributed by atoms with van der Waals surface area (Å²) in [6, 6.07) is 11.6. The first-order valence-electron chi connectivity index (χ1n) is 10.7. The molecule has 1 aromatic heterocycles. The predicted molar refractivity (Wildman–Crippen MR) is 131 cm³/mol. The predicted octanol–water partition coefficient (Wildman–Crippen LogP) is 3.36. The van der Waals surface area contributed by atoms with Gasteiger partial charge in [0, 0.05) is 30.5 Å². The maximum Gasteiger partial charge on any atom is 0.221 e. The summed E-state index contributed by atoms with van der Waals surface area (Å²) in [5, 5.41) is 6.21. The highest BCUT2D eigenvalue weighted by Gasteiger charge is 2.21. The minimum absolute atomic E-state index is 0.0125. The lowest BCUT2D eigenvalue weighted by Gasteiger charge is -2.27. The van der Waals surface area contributed by atoms with E-state index in [-0.39, 0.29) is 23.6 Å². The second-order valence-corrected chi connectivity index (χ2v) is 7.80. The average molecular weight is 459 g/mol. The number of nitrogen functional groups attached to an aromatic ring is 2. The molecule has 2 aromatic carbocycles. The van der Waals surface area contributed by atoms with Crippen molar-refractivity contribution in [2.75, 3.05) is 25.7 Å². The molecule has 0 aliphatic carbocycles. The molecule has 2 heterocycles. The van der Waals surface area contributed by atoms with Crippen LogP contribution >= 0.6 is 0 Å². The quantitative estimate of drug-likeness (QED) is 0.407. The Morgan fingerprint density at radius 1 is 1.18 bits per heavy atom. The summed E-state index contributed by atoms with van der Waals surface area (Å²) in [5.41, 5.74) is 15.6. The number of nitrogens with two attached hydrogens (primary N) is 2. The average Bonchev–Trinajstić information content (AvgIpc) is 2.84. The third-order valence-electron chi connectivity index (χ3n) is 5.67. The number of methoxy groups -OCH3 is 2. The van der Waals surface area contributed by atoms with Crippen LogP contribution in [0.2, 0.25) is 0 Å². The van der Waals surface area contributed by atoms with Gasteiger partial charge in [-0.15, -0.1) is 0 Å². The van der Waals surface area contributed by atoms with Crippen molar-refractivity contribution in [3.8, 4) is 11.5 Å². The zero-order valence-electron chi connectivity index (χ0n) is 19.2. The van der Waals surface area contributed by atoms with Crippen molar-refractivity contribution in [2.45, 2.75) is 19.4 Å². The van der Waals surface area contributed by atoms with Crippen molar-refractivity contribution in [3.63, 3.8) is 0 Å². The standard InChI is InChI=1S/C25H26N6O3/c1-15-19-7-5-4-6-17(19)14-29-31(15)9-8-21(32)20-11-16(12-22(33-2)23(20)34-3)10-18-13-28-25(27)30-24(18)26/h4-9,11-15H,10H2,1-3H3,(H4,26,27,28,30). The van der Waals surface area contributed by atoms with Crippen molar-refractivity contribution in [1.82, 2.24) is 15.0 Å². The fourth-order valence-corrected chi connectivity index (χ4v) is 3.88. The van der Waals surface area contributed by atoms with Gasteiger partial charge >= 0.3 is 0 Å². The molecule has 4 N–H and O–H groups in total. The zero-order valence-corrected chi connectivity index (χ0v) is 19.2. The molecular formula is C25H26N6O3. The van der Waals surface area contributed by atoms with Gasteiger partial charge in [-0.05, 0) is 35.7 Å². The van der Waals surface area contributed by atoms with E-state index in [0.29, 0.717) is 29.0 Å². The van der Waals surface area contributed by atoms with E-state index < -0.39 is 0 Å². The van der Waals surface area contributed by atoms with Crippen molar-refractivity contribution < 1.29 is 14.3 Å². The molecule has 34 heavy (non-hydrogen) atoms. The number of hydrogen-bond donors (Lipinski definition) is 2. The van der Waals surface area contributed by atoms with Gasteiger partial charge in [0.15, 0.2) is 17.3 Å². The van der Waals surface area contributed by atoms with E-state index in [1.54, 1.807) is 35.8 Å². The number of hydrazone groups is 1. The Kier molecular flexibility index (Phi) is 6.44. The molecule has 0 spiro atoms. The Morgan fingerprint density at radius 2 is 1.97 bits per heavy atom. The molecule has 0 radical (unpaired) electrons. The van der Waals surface area contributed by atoms with E-state index >= 15 is 0 Å². The molecule has 174 valence electrons. The lowest BCUT2D eigenvalue weighted by molar-refractivity contribution is 0.104. The van der Waals surface area contributed by atoms with Gasteiger partial charge < -0.3 is 20.9 Å². The highest BCUT2D eigenvalue weighted by molar-refractivity contribution is 6.07. The Hall–Kier alpha value is -4.40. The molecule has 3 aromatic rings. The van der Waals surface area contributed by atoms with Crippen LogP contribution < -0.4 is 20.9 Å². The van der Waals surface area contributed by atoms with E-state index in [4.69, 9.17) is 20.9 Å². The number of allylic oxidation sites excluding steroid dienone is 1. The Morgan fingerprint density at radius 3 is 2.71 bits per heavy atom. The van der Waals surface area contributed by atoms with Crippen molar-refractivity contribution in [1.29, 1.82) is 0 Å².